The average Bonchev–Trinajstić information content (AvgIpc) is 2.71. The number of hydrogen-bond acceptors (Lipinski definition) is 7. The van der Waals surface area contributed by atoms with Crippen LogP contribution in [0.3, 0.4) is 0 Å². The summed E-state index contributed by atoms with van der Waals surface area (Å²) < 4.78 is 10.3. The van der Waals surface area contributed by atoms with Crippen LogP contribution < -0.4 is 20.2 Å². The molecule has 158 valence electrons. The van der Waals surface area contributed by atoms with Gasteiger partial charge in [0.15, 0.2) is 0 Å². The van der Waals surface area contributed by atoms with Crippen LogP contribution in [-0.2, 0) is 4.79 Å². The van der Waals surface area contributed by atoms with Crippen molar-refractivity contribution in [2.45, 2.75) is 13.3 Å². The zero-order chi connectivity index (χ0) is 22.3. The van der Waals surface area contributed by atoms with Crippen LogP contribution in [-0.4, -0.2) is 36.7 Å². The van der Waals surface area contributed by atoms with Crippen LogP contribution in [0.4, 0.5) is 11.4 Å². The number of nitro benzene ring substituents is 1. The lowest BCUT2D eigenvalue weighted by molar-refractivity contribution is -0.384. The molecule has 30 heavy (non-hydrogen) atoms. The maximum atomic E-state index is 12.2. The zero-order valence-corrected chi connectivity index (χ0v) is 17.1. The Kier molecular flexibility index (Phi) is 7.70. The van der Waals surface area contributed by atoms with Gasteiger partial charge in [0.1, 0.15) is 16.5 Å². The molecule has 0 fully saturated rings. The number of nitro groups is 1. The van der Waals surface area contributed by atoms with E-state index >= 15 is 0 Å². The van der Waals surface area contributed by atoms with Crippen molar-refractivity contribution >= 4 is 40.5 Å². The largest absolute Gasteiger partial charge is 0.497 e. The molecule has 2 rings (SSSR count). The number of amides is 2. The van der Waals surface area contributed by atoms with Crippen LogP contribution in [0, 0.1) is 10.1 Å². The monoisotopic (exact) mass is 434 g/mol. The van der Waals surface area contributed by atoms with E-state index in [2.05, 4.69) is 15.8 Å². The van der Waals surface area contributed by atoms with Gasteiger partial charge in [-0.05, 0) is 31.2 Å². The topological polar surface area (TPSA) is 132 Å². The molecule has 0 radical (unpaired) electrons. The second-order valence-corrected chi connectivity index (χ2v) is 6.41. The van der Waals surface area contributed by atoms with Crippen molar-refractivity contribution in [2.24, 2.45) is 5.10 Å². The van der Waals surface area contributed by atoms with Gasteiger partial charge >= 0.3 is 0 Å². The number of halogens is 1. The van der Waals surface area contributed by atoms with Crippen LogP contribution in [0.5, 0.6) is 11.5 Å². The molecule has 0 aromatic heterocycles. The first-order valence-corrected chi connectivity index (χ1v) is 8.92. The molecule has 2 aromatic rings. The van der Waals surface area contributed by atoms with Gasteiger partial charge in [0.25, 0.3) is 11.6 Å². The van der Waals surface area contributed by atoms with Gasteiger partial charge in [-0.2, -0.15) is 5.10 Å². The standard InChI is InChI=1S/C19H19ClN4O6/c1-11(8-18(25)21-15-6-5-13(29-2)10-17(15)30-3)22-23-19(26)12-4-7-16(24(27)28)14(20)9-12/h4-7,9-10H,8H2,1-3H3,(H,21,25)(H,23,26)/b22-11-. The molecule has 0 aliphatic rings. The second-order valence-electron chi connectivity index (χ2n) is 6.00. The number of methoxy groups -OCH3 is 2. The highest BCUT2D eigenvalue weighted by atomic mass is 35.5. The van der Waals surface area contributed by atoms with E-state index in [1.54, 1.807) is 25.1 Å². The third-order valence-electron chi connectivity index (χ3n) is 3.85. The smallest absolute Gasteiger partial charge is 0.287 e. The molecule has 0 aliphatic heterocycles. The van der Waals surface area contributed by atoms with Gasteiger partial charge in [-0.25, -0.2) is 5.43 Å². The third-order valence-corrected chi connectivity index (χ3v) is 4.16. The summed E-state index contributed by atoms with van der Waals surface area (Å²) in [6, 6.07) is 8.50. The number of ether oxygens (including phenoxy) is 2. The summed E-state index contributed by atoms with van der Waals surface area (Å²) in [6.45, 7) is 1.56. The van der Waals surface area contributed by atoms with Crippen LogP contribution in [0.25, 0.3) is 0 Å². The molecule has 0 bridgehead atoms. The summed E-state index contributed by atoms with van der Waals surface area (Å²) in [5, 5.41) is 17.2. The lowest BCUT2D eigenvalue weighted by atomic mass is 10.2. The molecule has 0 aliphatic carbocycles. The van der Waals surface area contributed by atoms with Gasteiger partial charge in [-0.3, -0.25) is 19.7 Å². The Hall–Kier alpha value is -3.66. The van der Waals surface area contributed by atoms with Crippen LogP contribution in [0.2, 0.25) is 5.02 Å². The van der Waals surface area contributed by atoms with Crippen molar-refractivity contribution < 1.29 is 24.0 Å². The number of carbonyl (C=O) groups excluding carboxylic acids is 2. The van der Waals surface area contributed by atoms with Crippen LogP contribution >= 0.6 is 11.6 Å². The molecule has 11 heteroatoms. The first-order chi connectivity index (χ1) is 14.2. The minimum absolute atomic E-state index is 0.0868. The molecule has 2 amide bonds. The van der Waals surface area contributed by atoms with E-state index in [1.165, 1.54) is 26.4 Å². The van der Waals surface area contributed by atoms with E-state index in [-0.39, 0.29) is 28.6 Å². The van der Waals surface area contributed by atoms with Crippen LogP contribution in [0.15, 0.2) is 41.5 Å². The Morgan fingerprint density at radius 2 is 1.90 bits per heavy atom. The van der Waals surface area contributed by atoms with Gasteiger partial charge in [-0.15, -0.1) is 0 Å². The predicted octanol–water partition coefficient (Wildman–Crippen LogP) is 3.40. The quantitative estimate of drug-likeness (QED) is 0.371. The minimum atomic E-state index is -0.650. The van der Waals surface area contributed by atoms with Gasteiger partial charge in [-0.1, -0.05) is 11.6 Å². The predicted molar refractivity (Wildman–Crippen MR) is 111 cm³/mol. The fourth-order valence-corrected chi connectivity index (χ4v) is 2.62. The number of nitrogens with zero attached hydrogens (tertiary/aromatic N) is 2. The SMILES string of the molecule is COc1ccc(NC(=O)C/C(C)=N\NC(=O)c2ccc([N+](=O)[O-])c(Cl)c2)c(OC)c1. The Bertz CT molecular complexity index is 1010. The molecular formula is C19H19ClN4O6. The molecule has 2 aromatic carbocycles. The van der Waals surface area contributed by atoms with Gasteiger partial charge in [0.05, 0.1) is 31.3 Å². The molecular weight excluding hydrogens is 416 g/mol. The Labute approximate surface area is 177 Å². The van der Waals surface area contributed by atoms with E-state index in [1.807, 2.05) is 0 Å². The summed E-state index contributed by atoms with van der Waals surface area (Å²) in [5.41, 5.74) is 2.86. The number of nitrogens with one attached hydrogen (secondary N) is 2. The van der Waals surface area contributed by atoms with Crippen molar-refractivity contribution in [3.8, 4) is 11.5 Å². The highest BCUT2D eigenvalue weighted by Gasteiger charge is 2.15. The maximum absolute atomic E-state index is 12.2. The molecule has 0 heterocycles. The number of anilines is 1. The summed E-state index contributed by atoms with van der Waals surface area (Å²) in [4.78, 5) is 34.5. The molecule has 0 spiro atoms. The zero-order valence-electron chi connectivity index (χ0n) is 16.4. The van der Waals surface area contributed by atoms with Gasteiger partial charge in [0.2, 0.25) is 5.91 Å². The average molecular weight is 435 g/mol. The minimum Gasteiger partial charge on any atom is -0.497 e. The lowest BCUT2D eigenvalue weighted by Crippen LogP contribution is -2.21. The van der Waals surface area contributed by atoms with E-state index < -0.39 is 10.8 Å². The Morgan fingerprint density at radius 1 is 1.17 bits per heavy atom. The highest BCUT2D eigenvalue weighted by molar-refractivity contribution is 6.33. The fraction of sp³-hybridized carbons (Fsp3) is 0.211. The summed E-state index contributed by atoms with van der Waals surface area (Å²) in [7, 11) is 2.99. The fourth-order valence-electron chi connectivity index (χ4n) is 2.38. The van der Waals surface area contributed by atoms with E-state index in [4.69, 9.17) is 21.1 Å². The first kappa shape index (κ1) is 22.6. The number of benzene rings is 2. The highest BCUT2D eigenvalue weighted by Crippen LogP contribution is 2.29. The third kappa shape index (κ3) is 5.92. The van der Waals surface area contributed by atoms with E-state index in [9.17, 15) is 19.7 Å². The molecule has 2 N–H and O–H groups in total. The normalized spacial score (nSPS) is 10.9. The second kappa shape index (κ2) is 10.2. The van der Waals surface area contributed by atoms with Crippen molar-refractivity contribution in [2.75, 3.05) is 19.5 Å². The van der Waals surface area contributed by atoms with E-state index in [0.29, 0.717) is 22.9 Å². The summed E-state index contributed by atoms with van der Waals surface area (Å²) >= 11 is 5.79. The van der Waals surface area contributed by atoms with Crippen molar-refractivity contribution in [1.29, 1.82) is 0 Å². The van der Waals surface area contributed by atoms with Gasteiger partial charge < -0.3 is 14.8 Å². The first-order valence-electron chi connectivity index (χ1n) is 8.54. The van der Waals surface area contributed by atoms with Crippen molar-refractivity contribution in [3.63, 3.8) is 0 Å². The number of carbonyl (C=O) groups is 2. The summed E-state index contributed by atoms with van der Waals surface area (Å²) in [6.07, 6.45) is -0.0868. The van der Waals surface area contributed by atoms with E-state index in [0.717, 1.165) is 6.07 Å². The van der Waals surface area contributed by atoms with Crippen molar-refractivity contribution in [3.05, 3.63) is 57.1 Å². The maximum Gasteiger partial charge on any atom is 0.287 e. The summed E-state index contributed by atoms with van der Waals surface area (Å²) in [5.74, 6) is 0.0213. The molecule has 10 nitrogen and oxygen atoms in total. The molecule has 0 atom stereocenters. The molecule has 0 saturated carbocycles. The molecule has 0 saturated heterocycles. The van der Waals surface area contributed by atoms with Crippen LogP contribution in [0.1, 0.15) is 23.7 Å². The molecule has 0 unspecified atom stereocenters. The number of hydrogen-bond donors (Lipinski definition) is 2. The Balaban J connectivity index is 1.98. The van der Waals surface area contributed by atoms with Crippen molar-refractivity contribution in [1.82, 2.24) is 5.43 Å². The lowest BCUT2D eigenvalue weighted by Gasteiger charge is -2.11. The number of rotatable bonds is 8. The number of hydrazone groups is 1. The Morgan fingerprint density at radius 3 is 2.50 bits per heavy atom. The van der Waals surface area contributed by atoms with Gasteiger partial charge in [0, 0.05) is 23.4 Å².